The molecule has 2 aliphatic heterocycles. The van der Waals surface area contributed by atoms with Crippen LogP contribution in [0.25, 0.3) is 0 Å². The Bertz CT molecular complexity index is 581. The lowest BCUT2D eigenvalue weighted by atomic mass is 10.1. The van der Waals surface area contributed by atoms with Crippen LogP contribution in [0.1, 0.15) is 16.8 Å². The summed E-state index contributed by atoms with van der Waals surface area (Å²) in [5.41, 5.74) is -0.474. The summed E-state index contributed by atoms with van der Waals surface area (Å²) in [6.45, 7) is 0.523. The number of halogens is 3. The second-order valence-electron chi connectivity index (χ2n) is 4.87. The molecular formula is C13H12F3NO2S. The van der Waals surface area contributed by atoms with E-state index in [1.54, 1.807) is 11.8 Å². The quantitative estimate of drug-likeness (QED) is 0.786. The zero-order valence-electron chi connectivity index (χ0n) is 10.7. The van der Waals surface area contributed by atoms with Gasteiger partial charge in [-0.2, -0.15) is 16.2 Å². The molecule has 20 heavy (non-hydrogen) atoms. The molecule has 2 heterocycles. The van der Waals surface area contributed by atoms with E-state index in [4.69, 9.17) is 0 Å². The second-order valence-corrected chi connectivity index (χ2v) is 6.20. The number of thioether (sulfide) groups is 1. The highest BCUT2D eigenvalue weighted by Crippen LogP contribution is 2.39. The van der Waals surface area contributed by atoms with E-state index in [-0.39, 0.29) is 6.04 Å². The molecule has 3 nitrogen and oxygen atoms in total. The third kappa shape index (κ3) is 1.95. The molecule has 2 fully saturated rings. The number of hydrogen-bond donors (Lipinski definition) is 0. The maximum Gasteiger partial charge on any atom is 0.257 e. The van der Waals surface area contributed by atoms with E-state index in [1.807, 2.05) is 0 Å². The number of rotatable bonds is 2. The van der Waals surface area contributed by atoms with E-state index < -0.39 is 34.7 Å². The summed E-state index contributed by atoms with van der Waals surface area (Å²) in [4.78, 5) is 13.9. The van der Waals surface area contributed by atoms with Crippen molar-refractivity contribution in [2.75, 3.05) is 19.4 Å². The van der Waals surface area contributed by atoms with Crippen molar-refractivity contribution in [3.8, 4) is 5.75 Å². The van der Waals surface area contributed by atoms with E-state index in [2.05, 4.69) is 4.74 Å². The maximum absolute atomic E-state index is 14.1. The molecule has 2 bridgehead atoms. The first-order valence-corrected chi connectivity index (χ1v) is 7.21. The first-order chi connectivity index (χ1) is 9.52. The molecule has 2 saturated heterocycles. The van der Waals surface area contributed by atoms with Gasteiger partial charge in [0.15, 0.2) is 17.4 Å². The van der Waals surface area contributed by atoms with Crippen LogP contribution in [0.15, 0.2) is 6.07 Å². The van der Waals surface area contributed by atoms with Gasteiger partial charge in [0.05, 0.1) is 12.7 Å². The summed E-state index contributed by atoms with van der Waals surface area (Å²) < 4.78 is 45.4. The largest absolute Gasteiger partial charge is 0.491 e. The van der Waals surface area contributed by atoms with Gasteiger partial charge >= 0.3 is 0 Å². The van der Waals surface area contributed by atoms with Gasteiger partial charge in [0, 0.05) is 23.6 Å². The predicted molar refractivity (Wildman–Crippen MR) is 68.6 cm³/mol. The summed E-state index contributed by atoms with van der Waals surface area (Å²) >= 11 is 1.78. The molecule has 0 spiro atoms. The molecule has 0 aromatic heterocycles. The van der Waals surface area contributed by atoms with Crippen LogP contribution in [-0.2, 0) is 0 Å². The molecule has 1 amide bonds. The summed E-state index contributed by atoms with van der Waals surface area (Å²) in [7, 11) is 1.03. The number of amides is 1. The van der Waals surface area contributed by atoms with Crippen molar-refractivity contribution < 1.29 is 22.7 Å². The number of carbonyl (C=O) groups excluding carboxylic acids is 1. The molecule has 108 valence electrons. The summed E-state index contributed by atoms with van der Waals surface area (Å²) in [6, 6.07) is 0.658. The Morgan fingerprint density at radius 2 is 2.15 bits per heavy atom. The number of methoxy groups -OCH3 is 1. The molecular weight excluding hydrogens is 291 g/mol. The minimum absolute atomic E-state index is 0.0519. The van der Waals surface area contributed by atoms with Gasteiger partial charge in [-0.25, -0.2) is 8.78 Å². The molecule has 1 aromatic rings. The Morgan fingerprint density at radius 1 is 1.40 bits per heavy atom. The molecule has 2 aliphatic rings. The zero-order valence-corrected chi connectivity index (χ0v) is 11.5. The van der Waals surface area contributed by atoms with Crippen molar-refractivity contribution in [3.63, 3.8) is 0 Å². The minimum Gasteiger partial charge on any atom is -0.491 e. The SMILES string of the molecule is COc1c(F)c(F)cc(C(=O)N2C[C@H]3C[C@H]2CS3)c1F. The fourth-order valence-corrected chi connectivity index (χ4v) is 4.15. The average Bonchev–Trinajstić information content (AvgIpc) is 3.05. The molecule has 7 heteroatoms. The molecule has 0 saturated carbocycles. The first-order valence-electron chi connectivity index (χ1n) is 6.17. The van der Waals surface area contributed by atoms with Gasteiger partial charge in [-0.3, -0.25) is 4.79 Å². The average molecular weight is 303 g/mol. The van der Waals surface area contributed by atoms with Gasteiger partial charge < -0.3 is 9.64 Å². The Morgan fingerprint density at radius 3 is 2.70 bits per heavy atom. The van der Waals surface area contributed by atoms with Crippen LogP contribution in [0.5, 0.6) is 5.75 Å². The van der Waals surface area contributed by atoms with Crippen LogP contribution >= 0.6 is 11.8 Å². The van der Waals surface area contributed by atoms with Crippen LogP contribution in [0.4, 0.5) is 13.2 Å². The van der Waals surface area contributed by atoms with Gasteiger partial charge in [-0.15, -0.1) is 0 Å². The minimum atomic E-state index is -1.42. The first kappa shape index (κ1) is 13.6. The van der Waals surface area contributed by atoms with Gasteiger partial charge in [-0.1, -0.05) is 0 Å². The van der Waals surface area contributed by atoms with Gasteiger partial charge in [0.1, 0.15) is 0 Å². The smallest absolute Gasteiger partial charge is 0.257 e. The maximum atomic E-state index is 14.1. The standard InChI is InChI=1S/C13H12F3NO2S/c1-19-12-10(15)8(3-9(14)11(12)16)13(18)17-4-7-2-6(17)5-20-7/h3,6-7H,2,4-5H2,1H3/t6-,7+/m0/s1. The van der Waals surface area contributed by atoms with Gasteiger partial charge in [-0.05, 0) is 12.5 Å². The highest BCUT2D eigenvalue weighted by Gasteiger charge is 2.42. The number of ether oxygens (including phenoxy) is 1. The Kier molecular flexibility index (Phi) is 3.32. The molecule has 0 aliphatic carbocycles. The fraction of sp³-hybridized carbons (Fsp3) is 0.462. The lowest BCUT2D eigenvalue weighted by Crippen LogP contribution is -2.39. The number of benzene rings is 1. The number of likely N-dealkylation sites (tertiary alicyclic amines) is 1. The van der Waals surface area contributed by atoms with Crippen LogP contribution in [-0.4, -0.2) is 41.5 Å². The number of nitrogens with zero attached hydrogens (tertiary/aromatic N) is 1. The van der Waals surface area contributed by atoms with Gasteiger partial charge in [0.25, 0.3) is 5.91 Å². The second kappa shape index (κ2) is 4.87. The summed E-state index contributed by atoms with van der Waals surface area (Å²) in [6.07, 6.45) is 0.874. The zero-order chi connectivity index (χ0) is 14.4. The van der Waals surface area contributed by atoms with E-state index in [0.29, 0.717) is 17.9 Å². The number of hydrogen-bond acceptors (Lipinski definition) is 3. The van der Waals surface area contributed by atoms with E-state index in [1.165, 1.54) is 4.90 Å². The van der Waals surface area contributed by atoms with Gasteiger partial charge in [0.2, 0.25) is 5.82 Å². The van der Waals surface area contributed by atoms with Crippen molar-refractivity contribution in [3.05, 3.63) is 29.1 Å². The lowest BCUT2D eigenvalue weighted by Gasteiger charge is -2.27. The van der Waals surface area contributed by atoms with Crippen molar-refractivity contribution in [1.82, 2.24) is 4.90 Å². The molecule has 2 atom stereocenters. The van der Waals surface area contributed by atoms with Crippen molar-refractivity contribution in [2.45, 2.75) is 17.7 Å². The molecule has 0 N–H and O–H groups in total. The Balaban J connectivity index is 1.98. The predicted octanol–water partition coefficient (Wildman–Crippen LogP) is 2.44. The van der Waals surface area contributed by atoms with E-state index in [0.717, 1.165) is 19.3 Å². The normalized spacial score (nSPS) is 24.3. The third-order valence-electron chi connectivity index (χ3n) is 3.71. The molecule has 0 radical (unpaired) electrons. The Hall–Kier alpha value is -1.37. The van der Waals surface area contributed by atoms with Crippen molar-refractivity contribution in [1.29, 1.82) is 0 Å². The molecule has 1 aromatic carbocycles. The summed E-state index contributed by atoms with van der Waals surface area (Å²) in [5, 5.41) is 0.360. The van der Waals surface area contributed by atoms with E-state index in [9.17, 15) is 18.0 Å². The number of fused-ring (bicyclic) bond motifs is 2. The van der Waals surface area contributed by atoms with E-state index >= 15 is 0 Å². The number of carbonyl (C=O) groups is 1. The topological polar surface area (TPSA) is 29.5 Å². The van der Waals surface area contributed by atoms with Crippen molar-refractivity contribution in [2.24, 2.45) is 0 Å². The molecule has 0 unspecified atom stereocenters. The third-order valence-corrected chi connectivity index (χ3v) is 5.10. The van der Waals surface area contributed by atoms with Crippen LogP contribution in [0.3, 0.4) is 0 Å². The highest BCUT2D eigenvalue weighted by molar-refractivity contribution is 8.00. The van der Waals surface area contributed by atoms with Crippen molar-refractivity contribution >= 4 is 17.7 Å². The Labute approximate surface area is 118 Å². The van der Waals surface area contributed by atoms with Crippen LogP contribution < -0.4 is 4.74 Å². The molecule has 3 rings (SSSR count). The summed E-state index contributed by atoms with van der Waals surface area (Å²) in [5.74, 6) is -4.50. The lowest BCUT2D eigenvalue weighted by molar-refractivity contribution is 0.0741. The highest BCUT2D eigenvalue weighted by atomic mass is 32.2. The van der Waals surface area contributed by atoms with Crippen LogP contribution in [0.2, 0.25) is 0 Å². The van der Waals surface area contributed by atoms with Crippen LogP contribution in [0, 0.1) is 17.5 Å². The monoisotopic (exact) mass is 303 g/mol. The fourth-order valence-electron chi connectivity index (χ4n) is 2.72.